The van der Waals surface area contributed by atoms with Crippen molar-refractivity contribution >= 4 is 44.7 Å². The second-order valence-corrected chi connectivity index (χ2v) is 12.3. The molecule has 200 valence electrons. The van der Waals surface area contributed by atoms with Crippen LogP contribution in [-0.2, 0) is 22.7 Å². The summed E-state index contributed by atoms with van der Waals surface area (Å²) in [5, 5.41) is 9.18. The Bertz CT molecular complexity index is 1500. The van der Waals surface area contributed by atoms with Crippen molar-refractivity contribution in [1.29, 1.82) is 0 Å². The first-order valence-electron chi connectivity index (χ1n) is 12.3. The van der Waals surface area contributed by atoms with Gasteiger partial charge < -0.3 is 20.9 Å². The molecule has 38 heavy (non-hydrogen) atoms. The van der Waals surface area contributed by atoms with Crippen molar-refractivity contribution in [3.05, 3.63) is 70.9 Å². The average molecular weight is 535 g/mol. The SMILES string of the molecule is C=CCNC(=O)c1cnc(Nc2cc(C)c3c(c2)CN(C)CC3)nc1Nc1ccc(C)c(N=S(C)(C)=O)n1. The zero-order chi connectivity index (χ0) is 27.4. The number of hydrogen-bond donors (Lipinski definition) is 3. The van der Waals surface area contributed by atoms with Crippen molar-refractivity contribution in [3.63, 3.8) is 0 Å². The molecule has 10 nitrogen and oxygen atoms in total. The number of fused-ring (bicyclic) bond motifs is 1. The second-order valence-electron chi connectivity index (χ2n) is 9.73. The summed E-state index contributed by atoms with van der Waals surface area (Å²) in [7, 11) is -0.286. The van der Waals surface area contributed by atoms with E-state index in [2.05, 4.69) is 72.8 Å². The summed E-state index contributed by atoms with van der Waals surface area (Å²) in [5.74, 6) is 1.03. The molecule has 3 aromatic rings. The molecule has 1 aliphatic rings. The minimum atomic E-state index is -2.40. The molecule has 1 amide bonds. The topological polar surface area (TPSA) is 125 Å². The van der Waals surface area contributed by atoms with Gasteiger partial charge in [-0.15, -0.1) is 6.58 Å². The third kappa shape index (κ3) is 6.73. The number of carbonyl (C=O) groups is 1. The number of likely N-dealkylation sites (N-methyl/N-ethyl adjacent to an activating group) is 1. The Labute approximate surface area is 224 Å². The van der Waals surface area contributed by atoms with Gasteiger partial charge in [0.05, 0.1) is 0 Å². The predicted octanol–water partition coefficient (Wildman–Crippen LogP) is 4.24. The lowest BCUT2D eigenvalue weighted by molar-refractivity contribution is 0.0958. The maximum Gasteiger partial charge on any atom is 0.256 e. The Morgan fingerprint density at radius 3 is 2.71 bits per heavy atom. The molecule has 3 heterocycles. The Morgan fingerprint density at radius 1 is 1.18 bits per heavy atom. The van der Waals surface area contributed by atoms with Gasteiger partial charge in [0.2, 0.25) is 5.95 Å². The minimum Gasteiger partial charge on any atom is -0.348 e. The molecule has 0 fully saturated rings. The van der Waals surface area contributed by atoms with Gasteiger partial charge in [0, 0.05) is 53.8 Å². The van der Waals surface area contributed by atoms with Crippen LogP contribution in [0.5, 0.6) is 0 Å². The normalized spacial score (nSPS) is 13.4. The van der Waals surface area contributed by atoms with Crippen LogP contribution in [0.15, 0.2) is 47.5 Å². The van der Waals surface area contributed by atoms with Crippen molar-refractivity contribution in [2.45, 2.75) is 26.8 Å². The lowest BCUT2D eigenvalue weighted by Crippen LogP contribution is -2.27. The van der Waals surface area contributed by atoms with E-state index in [1.54, 1.807) is 24.7 Å². The van der Waals surface area contributed by atoms with E-state index in [1.165, 1.54) is 22.9 Å². The zero-order valence-electron chi connectivity index (χ0n) is 22.5. The second kappa shape index (κ2) is 11.3. The molecule has 3 N–H and O–H groups in total. The highest BCUT2D eigenvalue weighted by Crippen LogP contribution is 2.28. The maximum absolute atomic E-state index is 12.8. The molecule has 11 heteroatoms. The Balaban J connectivity index is 1.69. The predicted molar refractivity (Wildman–Crippen MR) is 153 cm³/mol. The van der Waals surface area contributed by atoms with E-state index in [0.29, 0.717) is 24.1 Å². The molecule has 0 atom stereocenters. The monoisotopic (exact) mass is 534 g/mol. The molecular weight excluding hydrogens is 500 g/mol. The van der Waals surface area contributed by atoms with E-state index in [-0.39, 0.29) is 17.3 Å². The molecule has 0 unspecified atom stereocenters. The number of carbonyl (C=O) groups excluding carboxylic acids is 1. The first-order valence-corrected chi connectivity index (χ1v) is 14.6. The summed E-state index contributed by atoms with van der Waals surface area (Å²) in [5.41, 5.74) is 5.80. The highest BCUT2D eigenvalue weighted by atomic mass is 32.2. The first-order chi connectivity index (χ1) is 18.0. The first kappa shape index (κ1) is 27.2. The highest BCUT2D eigenvalue weighted by molar-refractivity contribution is 7.92. The van der Waals surface area contributed by atoms with Crippen molar-refractivity contribution in [1.82, 2.24) is 25.2 Å². The number of nitrogens with zero attached hydrogens (tertiary/aromatic N) is 5. The molecule has 0 radical (unpaired) electrons. The highest BCUT2D eigenvalue weighted by Gasteiger charge is 2.18. The van der Waals surface area contributed by atoms with Gasteiger partial charge >= 0.3 is 0 Å². The quantitative estimate of drug-likeness (QED) is 0.367. The van der Waals surface area contributed by atoms with Crippen LogP contribution in [0.25, 0.3) is 0 Å². The number of aromatic nitrogens is 3. The van der Waals surface area contributed by atoms with Crippen LogP contribution in [0.1, 0.15) is 32.6 Å². The molecular formula is C27H34N8O2S. The summed E-state index contributed by atoms with van der Waals surface area (Å²) in [6, 6.07) is 7.80. The Morgan fingerprint density at radius 2 is 1.97 bits per heavy atom. The van der Waals surface area contributed by atoms with E-state index < -0.39 is 9.73 Å². The molecule has 0 saturated heterocycles. The van der Waals surface area contributed by atoms with Gasteiger partial charge in [-0.2, -0.15) is 9.35 Å². The molecule has 0 spiro atoms. The number of anilines is 4. The Kier molecular flexibility index (Phi) is 8.08. The molecule has 2 aromatic heterocycles. The molecule has 0 saturated carbocycles. The molecule has 0 bridgehead atoms. The largest absolute Gasteiger partial charge is 0.348 e. The van der Waals surface area contributed by atoms with E-state index in [4.69, 9.17) is 0 Å². The zero-order valence-corrected chi connectivity index (χ0v) is 23.3. The number of rotatable bonds is 8. The fourth-order valence-electron chi connectivity index (χ4n) is 4.24. The van der Waals surface area contributed by atoms with Crippen LogP contribution >= 0.6 is 0 Å². The minimum absolute atomic E-state index is 0.247. The van der Waals surface area contributed by atoms with Gasteiger partial charge in [0.15, 0.2) is 5.82 Å². The van der Waals surface area contributed by atoms with Crippen LogP contribution in [0.2, 0.25) is 0 Å². The summed E-state index contributed by atoms with van der Waals surface area (Å²) in [6.45, 7) is 9.84. The lowest BCUT2D eigenvalue weighted by Gasteiger charge is -2.27. The van der Waals surface area contributed by atoms with Crippen molar-refractivity contribution in [3.8, 4) is 0 Å². The number of pyridine rings is 1. The van der Waals surface area contributed by atoms with E-state index >= 15 is 0 Å². The van der Waals surface area contributed by atoms with Crippen LogP contribution in [-0.4, -0.2) is 62.6 Å². The van der Waals surface area contributed by atoms with E-state index in [1.807, 2.05) is 13.0 Å². The van der Waals surface area contributed by atoms with Gasteiger partial charge in [0.1, 0.15) is 17.2 Å². The Hall–Kier alpha value is -3.83. The lowest BCUT2D eigenvalue weighted by atomic mass is 9.94. The number of benzene rings is 1. The van der Waals surface area contributed by atoms with Crippen LogP contribution in [0, 0.1) is 13.8 Å². The van der Waals surface area contributed by atoms with Crippen molar-refractivity contribution < 1.29 is 9.00 Å². The number of aryl methyl sites for hydroxylation is 2. The standard InChI is InChI=1S/C27H34N8O2S/c1-7-11-28-26(36)22-15-29-27(30-20-13-18(3)21-10-12-35(4)16-19(21)14-20)33-25(22)32-23-9-8-17(2)24(31-23)34-38(5,6)37/h7-9,13-15H,1,10-12,16H2,2-6H3,(H,28,36)(H2,29,30,31,32,33). The third-order valence-corrected chi connectivity index (χ3v) is 6.68. The fourth-order valence-corrected chi connectivity index (χ4v) is 4.84. The van der Waals surface area contributed by atoms with Gasteiger partial charge in [-0.25, -0.2) is 14.2 Å². The van der Waals surface area contributed by atoms with Crippen LogP contribution in [0.3, 0.4) is 0 Å². The summed E-state index contributed by atoms with van der Waals surface area (Å²) in [6.07, 6.45) is 7.21. The van der Waals surface area contributed by atoms with Crippen molar-refractivity contribution in [2.75, 3.05) is 43.3 Å². The number of hydrogen-bond acceptors (Lipinski definition) is 9. The van der Waals surface area contributed by atoms with Gasteiger partial charge in [-0.3, -0.25) is 4.79 Å². The third-order valence-electron chi connectivity index (χ3n) is 6.07. The van der Waals surface area contributed by atoms with E-state index in [9.17, 15) is 9.00 Å². The maximum atomic E-state index is 12.8. The number of nitrogens with one attached hydrogen (secondary N) is 3. The summed E-state index contributed by atoms with van der Waals surface area (Å²) >= 11 is 0. The van der Waals surface area contributed by atoms with Crippen molar-refractivity contribution in [2.24, 2.45) is 4.36 Å². The van der Waals surface area contributed by atoms with Crippen LogP contribution < -0.4 is 16.0 Å². The van der Waals surface area contributed by atoms with Crippen LogP contribution in [0.4, 0.5) is 29.1 Å². The summed E-state index contributed by atoms with van der Waals surface area (Å²) in [4.78, 5) is 28.7. The molecule has 1 aliphatic heterocycles. The van der Waals surface area contributed by atoms with Gasteiger partial charge in [-0.1, -0.05) is 12.1 Å². The molecule has 4 rings (SSSR count). The smallest absolute Gasteiger partial charge is 0.256 e. The van der Waals surface area contributed by atoms with Gasteiger partial charge in [0.25, 0.3) is 5.91 Å². The fraction of sp³-hybridized carbons (Fsp3) is 0.333. The summed E-state index contributed by atoms with van der Waals surface area (Å²) < 4.78 is 16.5. The van der Waals surface area contributed by atoms with E-state index in [0.717, 1.165) is 30.8 Å². The average Bonchev–Trinajstić information content (AvgIpc) is 2.83. The molecule has 0 aliphatic carbocycles. The number of amides is 1. The van der Waals surface area contributed by atoms with Gasteiger partial charge in [-0.05, 0) is 67.8 Å². The molecule has 1 aromatic carbocycles.